The zero-order chi connectivity index (χ0) is 21.7. The lowest BCUT2D eigenvalue weighted by Gasteiger charge is -2.14. The van der Waals surface area contributed by atoms with Crippen molar-refractivity contribution in [1.82, 2.24) is 4.90 Å². The highest BCUT2D eigenvalue weighted by Gasteiger charge is 2.31. The van der Waals surface area contributed by atoms with E-state index in [4.69, 9.17) is 22.1 Å². The zero-order valence-corrected chi connectivity index (χ0v) is 18.5. The minimum absolute atomic E-state index is 0.0128. The first kappa shape index (κ1) is 22.1. The van der Waals surface area contributed by atoms with E-state index in [9.17, 15) is 9.59 Å². The molecule has 1 heterocycles. The molecule has 156 valence electrons. The number of thiocarbonyl (C=S) groups is 1. The SMILES string of the molecule is Cc1cc(C=C2SC(=S)N(CCCC(=O)O)C2=O)cc(C)c1OCc1ccccc1. The van der Waals surface area contributed by atoms with E-state index < -0.39 is 5.97 Å². The van der Waals surface area contributed by atoms with Crippen LogP contribution < -0.4 is 4.74 Å². The topological polar surface area (TPSA) is 66.8 Å². The monoisotopic (exact) mass is 441 g/mol. The first-order valence-corrected chi connectivity index (χ1v) is 10.8. The lowest BCUT2D eigenvalue weighted by molar-refractivity contribution is -0.137. The van der Waals surface area contributed by atoms with Gasteiger partial charge in [0.15, 0.2) is 0 Å². The second-order valence-corrected chi connectivity index (χ2v) is 8.76. The maximum absolute atomic E-state index is 12.7. The van der Waals surface area contributed by atoms with Crippen molar-refractivity contribution in [3.8, 4) is 5.75 Å². The largest absolute Gasteiger partial charge is 0.488 e. The number of amides is 1. The summed E-state index contributed by atoms with van der Waals surface area (Å²) in [6.45, 7) is 4.79. The van der Waals surface area contributed by atoms with E-state index in [1.807, 2.05) is 62.4 Å². The molecule has 0 aliphatic carbocycles. The number of carbonyl (C=O) groups excluding carboxylic acids is 1. The molecule has 1 N–H and O–H groups in total. The van der Waals surface area contributed by atoms with Crippen LogP contribution in [0.3, 0.4) is 0 Å². The lowest BCUT2D eigenvalue weighted by atomic mass is 10.0. The molecule has 1 fully saturated rings. The number of aryl methyl sites for hydroxylation is 2. The van der Waals surface area contributed by atoms with E-state index in [1.54, 1.807) is 0 Å². The van der Waals surface area contributed by atoms with Gasteiger partial charge in [0.25, 0.3) is 5.91 Å². The summed E-state index contributed by atoms with van der Waals surface area (Å²) >= 11 is 6.55. The van der Waals surface area contributed by atoms with Gasteiger partial charge in [-0.25, -0.2) is 0 Å². The molecular weight excluding hydrogens is 418 g/mol. The smallest absolute Gasteiger partial charge is 0.303 e. The van der Waals surface area contributed by atoms with Crippen molar-refractivity contribution in [3.63, 3.8) is 0 Å². The van der Waals surface area contributed by atoms with Crippen LogP contribution in [0.5, 0.6) is 5.75 Å². The standard InChI is InChI=1S/C23H23NO4S2/c1-15-11-18(12-16(2)21(15)28-14-17-7-4-3-5-8-17)13-19-22(27)24(23(29)30-19)10-6-9-20(25)26/h3-5,7-8,11-13H,6,9-10,14H2,1-2H3,(H,25,26). The number of carbonyl (C=O) groups is 2. The van der Waals surface area contributed by atoms with Crippen LogP contribution in [0, 0.1) is 13.8 Å². The molecule has 1 amide bonds. The number of hydrogen-bond acceptors (Lipinski definition) is 5. The molecule has 2 aromatic carbocycles. The molecule has 2 aromatic rings. The van der Waals surface area contributed by atoms with Crippen molar-refractivity contribution in [1.29, 1.82) is 0 Å². The predicted octanol–water partition coefficient (Wildman–Crippen LogP) is 4.95. The first-order valence-electron chi connectivity index (χ1n) is 9.60. The van der Waals surface area contributed by atoms with E-state index >= 15 is 0 Å². The fourth-order valence-electron chi connectivity index (χ4n) is 3.26. The quantitative estimate of drug-likeness (QED) is 0.462. The molecule has 30 heavy (non-hydrogen) atoms. The maximum Gasteiger partial charge on any atom is 0.303 e. The van der Waals surface area contributed by atoms with Crippen molar-refractivity contribution in [3.05, 3.63) is 69.6 Å². The molecule has 0 spiro atoms. The van der Waals surface area contributed by atoms with Gasteiger partial charge in [-0.3, -0.25) is 14.5 Å². The molecular formula is C23H23NO4S2. The summed E-state index contributed by atoms with van der Waals surface area (Å²) in [6, 6.07) is 14.0. The van der Waals surface area contributed by atoms with Gasteiger partial charge in [-0.2, -0.15) is 0 Å². The summed E-state index contributed by atoms with van der Waals surface area (Å²) in [5.41, 5.74) is 4.00. The minimum atomic E-state index is -0.878. The summed E-state index contributed by atoms with van der Waals surface area (Å²) in [5.74, 6) is -0.205. The van der Waals surface area contributed by atoms with Gasteiger partial charge in [0.1, 0.15) is 16.7 Å². The molecule has 0 radical (unpaired) electrons. The molecule has 7 heteroatoms. The van der Waals surface area contributed by atoms with Crippen molar-refractivity contribution >= 4 is 46.3 Å². The second-order valence-electron chi connectivity index (χ2n) is 7.09. The number of carboxylic acids is 1. The Hall–Kier alpha value is -2.64. The molecule has 0 atom stereocenters. The Bertz CT molecular complexity index is 979. The molecule has 0 unspecified atom stereocenters. The van der Waals surface area contributed by atoms with Crippen molar-refractivity contribution in [2.24, 2.45) is 0 Å². The number of carboxylic acid groups (broad SMARTS) is 1. The van der Waals surface area contributed by atoms with Gasteiger partial charge in [-0.05, 0) is 60.7 Å². The van der Waals surface area contributed by atoms with Crippen LogP contribution >= 0.6 is 24.0 Å². The number of nitrogens with zero attached hydrogens (tertiary/aromatic N) is 1. The van der Waals surface area contributed by atoms with E-state index in [1.165, 1.54) is 16.7 Å². The summed E-state index contributed by atoms with van der Waals surface area (Å²) in [7, 11) is 0. The average molecular weight is 442 g/mol. The van der Waals surface area contributed by atoms with Crippen LogP contribution in [0.1, 0.15) is 35.1 Å². The Balaban J connectivity index is 1.71. The minimum Gasteiger partial charge on any atom is -0.488 e. The Labute approximate surface area is 185 Å². The van der Waals surface area contributed by atoms with Crippen LogP contribution in [-0.4, -0.2) is 32.7 Å². The predicted molar refractivity (Wildman–Crippen MR) is 123 cm³/mol. The van der Waals surface area contributed by atoms with Crippen LogP contribution in [0.25, 0.3) is 6.08 Å². The third kappa shape index (κ3) is 5.49. The lowest BCUT2D eigenvalue weighted by Crippen LogP contribution is -2.29. The maximum atomic E-state index is 12.7. The van der Waals surface area contributed by atoms with E-state index in [-0.39, 0.29) is 12.3 Å². The van der Waals surface area contributed by atoms with Crippen LogP contribution in [0.2, 0.25) is 0 Å². The number of rotatable bonds is 8. The summed E-state index contributed by atoms with van der Waals surface area (Å²) < 4.78 is 6.49. The number of hydrogen-bond donors (Lipinski definition) is 1. The highest BCUT2D eigenvalue weighted by atomic mass is 32.2. The molecule has 1 aliphatic rings. The molecule has 1 aliphatic heterocycles. The molecule has 0 aromatic heterocycles. The Morgan fingerprint density at radius 2 is 1.87 bits per heavy atom. The highest BCUT2D eigenvalue weighted by Crippen LogP contribution is 2.34. The summed E-state index contributed by atoms with van der Waals surface area (Å²) in [4.78, 5) is 25.4. The Kier molecular flexibility index (Phi) is 7.29. The van der Waals surface area contributed by atoms with Gasteiger partial charge in [0, 0.05) is 13.0 Å². The summed E-state index contributed by atoms with van der Waals surface area (Å²) in [6.07, 6.45) is 2.22. The van der Waals surface area contributed by atoms with E-state index in [0.29, 0.717) is 28.8 Å². The van der Waals surface area contributed by atoms with E-state index in [0.717, 1.165) is 28.0 Å². The molecule has 0 saturated carbocycles. The summed E-state index contributed by atoms with van der Waals surface area (Å²) in [5, 5.41) is 8.78. The van der Waals surface area contributed by atoms with Crippen molar-refractivity contribution in [2.75, 3.05) is 6.54 Å². The Morgan fingerprint density at radius 1 is 1.20 bits per heavy atom. The molecule has 1 saturated heterocycles. The van der Waals surface area contributed by atoms with Gasteiger partial charge in [-0.1, -0.05) is 54.3 Å². The number of benzene rings is 2. The van der Waals surface area contributed by atoms with Crippen molar-refractivity contribution in [2.45, 2.75) is 33.3 Å². The third-order valence-electron chi connectivity index (χ3n) is 4.65. The van der Waals surface area contributed by atoms with Crippen LogP contribution in [-0.2, 0) is 16.2 Å². The van der Waals surface area contributed by atoms with Crippen molar-refractivity contribution < 1.29 is 19.4 Å². The fraction of sp³-hybridized carbons (Fsp3) is 0.261. The Morgan fingerprint density at radius 3 is 2.50 bits per heavy atom. The normalized spacial score (nSPS) is 15.1. The van der Waals surface area contributed by atoms with E-state index in [2.05, 4.69) is 0 Å². The number of ether oxygens (including phenoxy) is 1. The molecule has 5 nitrogen and oxygen atoms in total. The van der Waals surface area contributed by atoms with Gasteiger partial charge in [0.05, 0.1) is 4.91 Å². The number of aliphatic carboxylic acids is 1. The highest BCUT2D eigenvalue weighted by molar-refractivity contribution is 8.26. The van der Waals surface area contributed by atoms with Gasteiger partial charge in [0.2, 0.25) is 0 Å². The fourth-order valence-corrected chi connectivity index (χ4v) is 4.57. The number of thioether (sulfide) groups is 1. The molecule has 0 bridgehead atoms. The molecule has 3 rings (SSSR count). The second kappa shape index (κ2) is 9.91. The van der Waals surface area contributed by atoms with Crippen LogP contribution in [0.4, 0.5) is 0 Å². The van der Waals surface area contributed by atoms with Crippen LogP contribution in [0.15, 0.2) is 47.4 Å². The van der Waals surface area contributed by atoms with Gasteiger partial charge >= 0.3 is 5.97 Å². The third-order valence-corrected chi connectivity index (χ3v) is 6.03. The first-order chi connectivity index (χ1) is 14.3. The van der Waals surface area contributed by atoms with Gasteiger partial charge < -0.3 is 9.84 Å². The average Bonchev–Trinajstić information content (AvgIpc) is 2.95. The van der Waals surface area contributed by atoms with Gasteiger partial charge in [-0.15, -0.1) is 0 Å². The zero-order valence-electron chi connectivity index (χ0n) is 16.9.